The van der Waals surface area contributed by atoms with Crippen LogP contribution in [0.5, 0.6) is 0 Å². The Morgan fingerprint density at radius 2 is 2.04 bits per heavy atom. The van der Waals surface area contributed by atoms with E-state index < -0.39 is 0 Å². The van der Waals surface area contributed by atoms with Gasteiger partial charge in [0, 0.05) is 16.6 Å². The first-order valence-corrected chi connectivity index (χ1v) is 8.26. The maximum absolute atomic E-state index is 12.8. The van der Waals surface area contributed by atoms with Crippen molar-refractivity contribution in [3.05, 3.63) is 51.8 Å². The molecule has 0 aliphatic rings. The fourth-order valence-corrected chi connectivity index (χ4v) is 3.31. The zero-order chi connectivity index (χ0) is 17.4. The number of anilines is 1. The molecule has 0 atom stereocenters. The van der Waals surface area contributed by atoms with Crippen molar-refractivity contribution in [3.63, 3.8) is 0 Å². The van der Waals surface area contributed by atoms with Gasteiger partial charge in [-0.2, -0.15) is 4.52 Å². The van der Waals surface area contributed by atoms with Crippen LogP contribution in [0.15, 0.2) is 40.5 Å². The number of hydrogen-bond donors (Lipinski definition) is 2. The molecule has 4 aromatic rings. The highest BCUT2D eigenvalue weighted by Gasteiger charge is 2.18. The number of benzene rings is 1. The van der Waals surface area contributed by atoms with Crippen molar-refractivity contribution in [1.29, 1.82) is 0 Å². The SMILES string of the molecule is Cc1[nH]n2c(=O)c(-c3csc(NC=O)n3)nnc2c1-c1ccccc1. The number of nitrogens with zero attached hydrogens (tertiary/aromatic N) is 4. The molecule has 0 aliphatic heterocycles. The zero-order valence-corrected chi connectivity index (χ0v) is 13.9. The van der Waals surface area contributed by atoms with Crippen molar-refractivity contribution in [2.45, 2.75) is 6.92 Å². The standard InChI is InChI=1S/C16H12N6O2S/c1-9-12(10-5-3-2-4-6-10)14-20-19-13(15(24)22(14)21-9)11-7-25-16(18-11)17-8-23/h2-8,21H,1H3,(H,17,18,23). The predicted octanol–water partition coefficient (Wildman–Crippen LogP) is 2.08. The third-order valence-corrected chi connectivity index (χ3v) is 4.51. The minimum absolute atomic E-state index is 0.119. The van der Waals surface area contributed by atoms with E-state index in [-0.39, 0.29) is 11.3 Å². The van der Waals surface area contributed by atoms with Crippen molar-refractivity contribution in [3.8, 4) is 22.5 Å². The highest BCUT2D eigenvalue weighted by Crippen LogP contribution is 2.26. The van der Waals surface area contributed by atoms with Crippen molar-refractivity contribution < 1.29 is 4.79 Å². The molecule has 0 aliphatic carbocycles. The smallest absolute Gasteiger partial charge is 0.301 e. The van der Waals surface area contributed by atoms with Crippen molar-refractivity contribution in [2.24, 2.45) is 0 Å². The number of carbonyl (C=O) groups is 1. The molecule has 0 unspecified atom stereocenters. The monoisotopic (exact) mass is 352 g/mol. The van der Waals surface area contributed by atoms with Crippen LogP contribution in [0.3, 0.4) is 0 Å². The molecule has 2 N–H and O–H groups in total. The van der Waals surface area contributed by atoms with E-state index in [9.17, 15) is 9.59 Å². The van der Waals surface area contributed by atoms with Gasteiger partial charge in [-0.1, -0.05) is 30.3 Å². The summed E-state index contributed by atoms with van der Waals surface area (Å²) in [4.78, 5) is 27.5. The predicted molar refractivity (Wildman–Crippen MR) is 94.6 cm³/mol. The van der Waals surface area contributed by atoms with E-state index in [4.69, 9.17) is 0 Å². The van der Waals surface area contributed by atoms with Gasteiger partial charge < -0.3 is 5.32 Å². The third kappa shape index (κ3) is 2.50. The van der Waals surface area contributed by atoms with Gasteiger partial charge in [0.1, 0.15) is 5.69 Å². The number of aryl methyl sites for hydroxylation is 1. The van der Waals surface area contributed by atoms with Crippen molar-refractivity contribution in [1.82, 2.24) is 24.8 Å². The van der Waals surface area contributed by atoms with Crippen LogP contribution in [0, 0.1) is 6.92 Å². The molecule has 0 saturated carbocycles. The van der Waals surface area contributed by atoms with E-state index >= 15 is 0 Å². The molecule has 1 aromatic carbocycles. The molecule has 9 heteroatoms. The van der Waals surface area contributed by atoms with Gasteiger partial charge in [-0.3, -0.25) is 14.7 Å². The van der Waals surface area contributed by atoms with Crippen LogP contribution in [0.4, 0.5) is 5.13 Å². The number of aromatic amines is 1. The number of fused-ring (bicyclic) bond motifs is 1. The number of carbonyl (C=O) groups excluding carboxylic acids is 1. The lowest BCUT2D eigenvalue weighted by atomic mass is 10.1. The van der Waals surface area contributed by atoms with Gasteiger partial charge in [-0.15, -0.1) is 21.5 Å². The van der Waals surface area contributed by atoms with Gasteiger partial charge >= 0.3 is 5.56 Å². The lowest BCUT2D eigenvalue weighted by molar-refractivity contribution is -0.105. The molecular weight excluding hydrogens is 340 g/mol. The highest BCUT2D eigenvalue weighted by molar-refractivity contribution is 7.14. The van der Waals surface area contributed by atoms with Crippen molar-refractivity contribution >= 4 is 28.5 Å². The Bertz CT molecular complexity index is 1130. The number of amides is 1. The van der Waals surface area contributed by atoms with Crippen LogP contribution < -0.4 is 10.9 Å². The van der Waals surface area contributed by atoms with Crippen LogP contribution in [-0.4, -0.2) is 31.2 Å². The Hall–Kier alpha value is -3.33. The third-order valence-electron chi connectivity index (χ3n) is 3.73. The molecule has 4 rings (SSSR count). The van der Waals surface area contributed by atoms with E-state index in [1.165, 1.54) is 15.9 Å². The first kappa shape index (κ1) is 15.2. The summed E-state index contributed by atoms with van der Waals surface area (Å²) < 4.78 is 1.37. The molecule has 3 aromatic heterocycles. The number of rotatable bonds is 4. The second kappa shape index (κ2) is 5.95. The van der Waals surface area contributed by atoms with Gasteiger partial charge in [0.2, 0.25) is 6.41 Å². The Kier molecular flexibility index (Phi) is 3.62. The lowest BCUT2D eigenvalue weighted by Crippen LogP contribution is -2.19. The van der Waals surface area contributed by atoms with E-state index in [0.29, 0.717) is 22.9 Å². The van der Waals surface area contributed by atoms with Crippen LogP contribution in [0.2, 0.25) is 0 Å². The van der Waals surface area contributed by atoms with Crippen LogP contribution in [-0.2, 0) is 4.79 Å². The van der Waals surface area contributed by atoms with E-state index in [1.54, 1.807) is 5.38 Å². The topological polar surface area (TPSA) is 105 Å². The Morgan fingerprint density at radius 3 is 2.80 bits per heavy atom. The maximum Gasteiger partial charge on any atom is 0.301 e. The van der Waals surface area contributed by atoms with Crippen LogP contribution in [0.1, 0.15) is 5.69 Å². The van der Waals surface area contributed by atoms with Crippen LogP contribution in [0.25, 0.3) is 28.2 Å². The average molecular weight is 352 g/mol. The molecule has 0 spiro atoms. The summed E-state index contributed by atoms with van der Waals surface area (Å²) in [6.07, 6.45) is 0.533. The average Bonchev–Trinajstić information content (AvgIpc) is 3.21. The minimum Gasteiger partial charge on any atom is -0.305 e. The summed E-state index contributed by atoms with van der Waals surface area (Å²) in [5.74, 6) is 0. The largest absolute Gasteiger partial charge is 0.305 e. The lowest BCUT2D eigenvalue weighted by Gasteiger charge is -2.00. The van der Waals surface area contributed by atoms with Gasteiger partial charge in [-0.05, 0) is 12.5 Å². The number of thiazole rings is 1. The molecule has 0 radical (unpaired) electrons. The quantitative estimate of drug-likeness (QED) is 0.547. The molecule has 124 valence electrons. The first-order chi connectivity index (χ1) is 12.2. The van der Waals surface area contributed by atoms with Crippen molar-refractivity contribution in [2.75, 3.05) is 5.32 Å². The number of aromatic nitrogens is 5. The van der Waals surface area contributed by atoms with Gasteiger partial charge in [0.05, 0.1) is 0 Å². The van der Waals surface area contributed by atoms with Gasteiger partial charge in [-0.25, -0.2) is 4.98 Å². The normalized spacial score (nSPS) is 10.9. The second-order valence-electron chi connectivity index (χ2n) is 5.29. The molecule has 1 amide bonds. The Labute approximate surface area is 145 Å². The zero-order valence-electron chi connectivity index (χ0n) is 13.1. The second-order valence-corrected chi connectivity index (χ2v) is 6.15. The summed E-state index contributed by atoms with van der Waals surface area (Å²) >= 11 is 1.21. The fraction of sp³-hybridized carbons (Fsp3) is 0.0625. The first-order valence-electron chi connectivity index (χ1n) is 7.38. The number of nitrogens with one attached hydrogen (secondary N) is 2. The number of H-pyrrole nitrogens is 1. The molecule has 8 nitrogen and oxygen atoms in total. The molecule has 0 saturated heterocycles. The molecule has 3 heterocycles. The summed E-state index contributed by atoms with van der Waals surface area (Å²) in [6.45, 7) is 1.88. The van der Waals surface area contributed by atoms with Crippen LogP contribution >= 0.6 is 11.3 Å². The summed E-state index contributed by atoms with van der Waals surface area (Å²) in [7, 11) is 0. The van der Waals surface area contributed by atoms with E-state index in [1.807, 2.05) is 37.3 Å². The summed E-state index contributed by atoms with van der Waals surface area (Å²) in [6, 6.07) is 9.68. The Balaban J connectivity index is 1.89. The van der Waals surface area contributed by atoms with E-state index in [0.717, 1.165) is 16.8 Å². The molecular formula is C16H12N6O2S. The molecule has 25 heavy (non-hydrogen) atoms. The van der Waals surface area contributed by atoms with Gasteiger partial charge in [0.15, 0.2) is 16.5 Å². The highest BCUT2D eigenvalue weighted by atomic mass is 32.1. The maximum atomic E-state index is 12.8. The minimum atomic E-state index is -0.349. The molecule has 0 fully saturated rings. The summed E-state index contributed by atoms with van der Waals surface area (Å²) in [5, 5.41) is 15.8. The molecule has 0 bridgehead atoms. The van der Waals surface area contributed by atoms with E-state index in [2.05, 4.69) is 25.6 Å². The Morgan fingerprint density at radius 1 is 1.24 bits per heavy atom. The van der Waals surface area contributed by atoms with Gasteiger partial charge in [0.25, 0.3) is 0 Å². The fourth-order valence-electron chi connectivity index (χ4n) is 2.65. The summed E-state index contributed by atoms with van der Waals surface area (Å²) in [5.41, 5.74) is 3.20. The number of hydrogen-bond acceptors (Lipinski definition) is 6.